The molecule has 0 aromatic carbocycles. The molecule has 0 bridgehead atoms. The Labute approximate surface area is 118 Å². The molecule has 6 heteroatoms. The van der Waals surface area contributed by atoms with Crippen LogP contribution < -0.4 is 5.32 Å². The molecule has 1 aliphatic heterocycles. The molecule has 1 N–H and O–H groups in total. The highest BCUT2D eigenvalue weighted by atomic mass is 16.5. The van der Waals surface area contributed by atoms with Crippen molar-refractivity contribution in [1.82, 2.24) is 15.2 Å². The van der Waals surface area contributed by atoms with Crippen LogP contribution in [-0.4, -0.2) is 54.5 Å². The lowest BCUT2D eigenvalue weighted by atomic mass is 10.0. The second-order valence-electron chi connectivity index (χ2n) is 4.80. The second kappa shape index (κ2) is 7.00. The number of ether oxygens (including phenoxy) is 1. The Morgan fingerprint density at radius 3 is 2.80 bits per heavy atom. The van der Waals surface area contributed by atoms with Crippen molar-refractivity contribution in [2.75, 3.05) is 26.8 Å². The first-order chi connectivity index (χ1) is 9.70. The van der Waals surface area contributed by atoms with Crippen LogP contribution in [0.4, 0.5) is 0 Å². The van der Waals surface area contributed by atoms with E-state index in [1.165, 1.54) is 7.11 Å². The molecule has 1 aromatic heterocycles. The van der Waals surface area contributed by atoms with Crippen LogP contribution in [0.1, 0.15) is 23.2 Å². The average molecular weight is 277 g/mol. The Morgan fingerprint density at radius 2 is 2.20 bits per heavy atom. The standard InChI is InChI=1S/C14H19N3O3/c1-20-10-13(18)17-7-4-12(5-8-17)16-14(19)11-3-2-6-15-9-11/h2-3,6,9,12H,4-5,7-8,10H2,1H3,(H,16,19). The number of amides is 2. The van der Waals surface area contributed by atoms with Gasteiger partial charge in [0.1, 0.15) is 6.61 Å². The first kappa shape index (κ1) is 14.5. The summed E-state index contributed by atoms with van der Waals surface area (Å²) in [6, 6.07) is 3.58. The van der Waals surface area contributed by atoms with Crippen molar-refractivity contribution < 1.29 is 14.3 Å². The summed E-state index contributed by atoms with van der Waals surface area (Å²) in [5, 5.41) is 2.98. The topological polar surface area (TPSA) is 71.5 Å². The van der Waals surface area contributed by atoms with Gasteiger partial charge < -0.3 is 15.0 Å². The van der Waals surface area contributed by atoms with Crippen LogP contribution >= 0.6 is 0 Å². The van der Waals surface area contributed by atoms with Crippen LogP contribution in [0, 0.1) is 0 Å². The van der Waals surface area contributed by atoms with Crippen molar-refractivity contribution >= 4 is 11.8 Å². The molecule has 0 spiro atoms. The maximum atomic E-state index is 12.0. The van der Waals surface area contributed by atoms with Gasteiger partial charge in [-0.05, 0) is 25.0 Å². The monoisotopic (exact) mass is 277 g/mol. The first-order valence-electron chi connectivity index (χ1n) is 6.68. The van der Waals surface area contributed by atoms with Crippen molar-refractivity contribution in [1.29, 1.82) is 0 Å². The molecule has 6 nitrogen and oxygen atoms in total. The van der Waals surface area contributed by atoms with E-state index < -0.39 is 0 Å². The summed E-state index contributed by atoms with van der Waals surface area (Å²) in [5.74, 6) is -0.107. The van der Waals surface area contributed by atoms with E-state index in [9.17, 15) is 9.59 Å². The van der Waals surface area contributed by atoms with E-state index in [4.69, 9.17) is 4.74 Å². The number of carbonyl (C=O) groups is 2. The van der Waals surface area contributed by atoms with E-state index in [0.717, 1.165) is 12.8 Å². The number of rotatable bonds is 4. The zero-order chi connectivity index (χ0) is 14.4. The molecule has 1 fully saturated rings. The van der Waals surface area contributed by atoms with Crippen molar-refractivity contribution in [2.45, 2.75) is 18.9 Å². The normalized spacial score (nSPS) is 15.9. The number of nitrogens with zero attached hydrogens (tertiary/aromatic N) is 2. The lowest BCUT2D eigenvalue weighted by Gasteiger charge is -2.32. The zero-order valence-electron chi connectivity index (χ0n) is 11.5. The van der Waals surface area contributed by atoms with Gasteiger partial charge in [0.05, 0.1) is 5.56 Å². The summed E-state index contributed by atoms with van der Waals surface area (Å²) in [4.78, 5) is 29.3. The molecule has 1 aromatic rings. The number of piperidine rings is 1. The van der Waals surface area contributed by atoms with E-state index in [0.29, 0.717) is 18.7 Å². The van der Waals surface area contributed by atoms with Crippen LogP contribution in [0.5, 0.6) is 0 Å². The fourth-order valence-electron chi connectivity index (χ4n) is 2.25. The Kier molecular flexibility index (Phi) is 5.06. The SMILES string of the molecule is COCC(=O)N1CCC(NC(=O)c2cccnc2)CC1. The van der Waals surface area contributed by atoms with Gasteiger partial charge in [-0.1, -0.05) is 0 Å². The smallest absolute Gasteiger partial charge is 0.253 e. The third-order valence-electron chi connectivity index (χ3n) is 3.37. The quantitative estimate of drug-likeness (QED) is 0.867. The van der Waals surface area contributed by atoms with E-state index in [-0.39, 0.29) is 24.5 Å². The predicted octanol–water partition coefficient (Wildman–Crippen LogP) is 0.449. The minimum Gasteiger partial charge on any atom is -0.375 e. The lowest BCUT2D eigenvalue weighted by molar-refractivity contribution is -0.136. The molecule has 0 saturated carbocycles. The molecule has 0 unspecified atom stereocenters. The highest BCUT2D eigenvalue weighted by molar-refractivity contribution is 5.94. The highest BCUT2D eigenvalue weighted by Crippen LogP contribution is 2.11. The van der Waals surface area contributed by atoms with Crippen molar-refractivity contribution in [2.24, 2.45) is 0 Å². The van der Waals surface area contributed by atoms with Gasteiger partial charge in [-0.25, -0.2) is 0 Å². The van der Waals surface area contributed by atoms with E-state index in [1.807, 2.05) is 0 Å². The van der Waals surface area contributed by atoms with Gasteiger partial charge in [0.15, 0.2) is 0 Å². The van der Waals surface area contributed by atoms with Gasteiger partial charge in [0, 0.05) is 38.6 Å². The molecule has 2 amide bonds. The molecule has 2 rings (SSSR count). The molecule has 1 aliphatic rings. The molecule has 2 heterocycles. The largest absolute Gasteiger partial charge is 0.375 e. The minimum absolute atomic E-state index is 0.00420. The lowest BCUT2D eigenvalue weighted by Crippen LogP contribution is -2.47. The minimum atomic E-state index is -0.111. The van der Waals surface area contributed by atoms with Gasteiger partial charge in [-0.15, -0.1) is 0 Å². The molecular formula is C14H19N3O3. The second-order valence-corrected chi connectivity index (χ2v) is 4.80. The summed E-state index contributed by atoms with van der Waals surface area (Å²) in [7, 11) is 1.51. The maximum absolute atomic E-state index is 12.0. The fraction of sp³-hybridized carbons (Fsp3) is 0.500. The number of pyridine rings is 1. The Balaban J connectivity index is 1.80. The van der Waals surface area contributed by atoms with Gasteiger partial charge in [0.2, 0.25) is 5.91 Å². The fourth-order valence-corrected chi connectivity index (χ4v) is 2.25. The van der Waals surface area contributed by atoms with E-state index >= 15 is 0 Å². The summed E-state index contributed by atoms with van der Waals surface area (Å²) in [6.45, 7) is 1.42. The summed E-state index contributed by atoms with van der Waals surface area (Å²) in [5.41, 5.74) is 0.561. The van der Waals surface area contributed by atoms with Crippen LogP contribution in [0.3, 0.4) is 0 Å². The van der Waals surface area contributed by atoms with Crippen molar-refractivity contribution in [3.63, 3.8) is 0 Å². The third kappa shape index (κ3) is 3.77. The van der Waals surface area contributed by atoms with E-state index in [1.54, 1.807) is 29.4 Å². The van der Waals surface area contributed by atoms with Gasteiger partial charge in [-0.2, -0.15) is 0 Å². The number of methoxy groups -OCH3 is 1. The summed E-state index contributed by atoms with van der Waals surface area (Å²) in [6.07, 6.45) is 4.71. The Morgan fingerprint density at radius 1 is 1.45 bits per heavy atom. The van der Waals surface area contributed by atoms with Crippen LogP contribution in [0.15, 0.2) is 24.5 Å². The molecule has 0 aliphatic carbocycles. The molecular weight excluding hydrogens is 258 g/mol. The van der Waals surface area contributed by atoms with Crippen LogP contribution in [-0.2, 0) is 9.53 Å². The zero-order valence-corrected chi connectivity index (χ0v) is 11.5. The third-order valence-corrected chi connectivity index (χ3v) is 3.37. The first-order valence-corrected chi connectivity index (χ1v) is 6.68. The molecule has 0 radical (unpaired) electrons. The number of hydrogen-bond donors (Lipinski definition) is 1. The maximum Gasteiger partial charge on any atom is 0.253 e. The van der Waals surface area contributed by atoms with Crippen LogP contribution in [0.2, 0.25) is 0 Å². The Hall–Kier alpha value is -1.95. The number of carbonyl (C=O) groups excluding carboxylic acids is 2. The van der Waals surface area contributed by atoms with Gasteiger partial charge in [-0.3, -0.25) is 14.6 Å². The van der Waals surface area contributed by atoms with Gasteiger partial charge in [0.25, 0.3) is 5.91 Å². The average Bonchev–Trinajstić information content (AvgIpc) is 2.49. The summed E-state index contributed by atoms with van der Waals surface area (Å²) < 4.78 is 4.84. The van der Waals surface area contributed by atoms with Crippen molar-refractivity contribution in [3.05, 3.63) is 30.1 Å². The predicted molar refractivity (Wildman–Crippen MR) is 73.2 cm³/mol. The van der Waals surface area contributed by atoms with E-state index in [2.05, 4.69) is 10.3 Å². The number of aromatic nitrogens is 1. The molecule has 20 heavy (non-hydrogen) atoms. The Bertz CT molecular complexity index is 456. The number of hydrogen-bond acceptors (Lipinski definition) is 4. The van der Waals surface area contributed by atoms with Crippen molar-refractivity contribution in [3.8, 4) is 0 Å². The number of nitrogens with one attached hydrogen (secondary N) is 1. The van der Waals surface area contributed by atoms with Crippen LogP contribution in [0.25, 0.3) is 0 Å². The molecule has 108 valence electrons. The molecule has 0 atom stereocenters. The van der Waals surface area contributed by atoms with Gasteiger partial charge >= 0.3 is 0 Å². The summed E-state index contributed by atoms with van der Waals surface area (Å²) >= 11 is 0. The molecule has 1 saturated heterocycles. The highest BCUT2D eigenvalue weighted by Gasteiger charge is 2.23. The number of likely N-dealkylation sites (tertiary alicyclic amines) is 1.